The maximum Gasteiger partial charge on any atom is 0.254 e. The fraction of sp³-hybridized carbons (Fsp3) is 0.875. The first-order valence-corrected chi connectivity index (χ1v) is 4.27. The van der Waals surface area contributed by atoms with Gasteiger partial charge in [0.1, 0.15) is 12.6 Å². The van der Waals surface area contributed by atoms with Gasteiger partial charge in [0, 0.05) is 12.6 Å². The van der Waals surface area contributed by atoms with E-state index in [4.69, 9.17) is 0 Å². The number of carbonyl (C=O) groups excluding carboxylic acids is 1. The third-order valence-corrected chi connectivity index (χ3v) is 2.87. The molecule has 1 heterocycles. The fourth-order valence-corrected chi connectivity index (χ4v) is 1.61. The van der Waals surface area contributed by atoms with Gasteiger partial charge in [-0.3, -0.25) is 4.79 Å². The van der Waals surface area contributed by atoms with Crippen molar-refractivity contribution in [3.8, 4) is 0 Å². The van der Waals surface area contributed by atoms with Crippen LogP contribution in [0.25, 0.3) is 0 Å². The van der Waals surface area contributed by atoms with Crippen molar-refractivity contribution in [2.75, 3.05) is 13.6 Å². The highest BCUT2D eigenvalue weighted by Gasteiger charge is 2.39. The number of nitrogens with zero attached hydrogens (tertiary/aromatic N) is 2. The molecule has 2 atom stereocenters. The lowest BCUT2D eigenvalue weighted by atomic mass is 10.3. The fourth-order valence-electron chi connectivity index (χ4n) is 1.61. The topological polar surface area (TPSA) is 43.4 Å². The average Bonchev–Trinajstić information content (AvgIpc) is 2.29. The van der Waals surface area contributed by atoms with E-state index >= 15 is 0 Å². The standard InChI is InChI=1S/C8H16N2O2.HI/c1-7(2)10(3)5-4-8(12)9(10)6-11;/h6-8H,4-5H2,1-3H3;1H. The lowest BCUT2D eigenvalue weighted by Crippen LogP contribution is -2.60. The number of rotatable bonds is 2. The van der Waals surface area contributed by atoms with Gasteiger partial charge in [0.15, 0.2) is 0 Å². The van der Waals surface area contributed by atoms with E-state index in [0.29, 0.717) is 17.4 Å². The van der Waals surface area contributed by atoms with E-state index in [0.717, 1.165) is 6.54 Å². The summed E-state index contributed by atoms with van der Waals surface area (Å²) in [6.07, 6.45) is 0.382. The monoisotopic (exact) mass is 300 g/mol. The summed E-state index contributed by atoms with van der Waals surface area (Å²) < 4.78 is 0.456. The van der Waals surface area contributed by atoms with Crippen molar-refractivity contribution >= 4 is 30.4 Å². The highest BCUT2D eigenvalue weighted by Crippen LogP contribution is 2.23. The normalized spacial score (nSPS) is 33.3. The first kappa shape index (κ1) is 13.1. The third kappa shape index (κ3) is 2.13. The Kier molecular flexibility index (Phi) is 4.61. The van der Waals surface area contributed by atoms with E-state index in [2.05, 4.69) is 0 Å². The van der Waals surface area contributed by atoms with Crippen LogP contribution >= 0.6 is 24.0 Å². The van der Waals surface area contributed by atoms with Crippen molar-refractivity contribution in [3.05, 3.63) is 0 Å². The zero-order chi connectivity index (χ0) is 9.35. The van der Waals surface area contributed by atoms with E-state index in [1.807, 2.05) is 20.9 Å². The molecule has 13 heavy (non-hydrogen) atoms. The third-order valence-electron chi connectivity index (χ3n) is 2.87. The highest BCUT2D eigenvalue weighted by atomic mass is 127. The molecule has 0 spiro atoms. The van der Waals surface area contributed by atoms with Crippen LogP contribution in [0.2, 0.25) is 0 Å². The number of carbonyl (C=O) groups is 1. The summed E-state index contributed by atoms with van der Waals surface area (Å²) in [6.45, 7) is 4.81. The highest BCUT2D eigenvalue weighted by molar-refractivity contribution is 14.0. The van der Waals surface area contributed by atoms with E-state index < -0.39 is 6.23 Å². The van der Waals surface area contributed by atoms with Crippen LogP contribution in [0.15, 0.2) is 0 Å². The summed E-state index contributed by atoms with van der Waals surface area (Å²) in [6, 6.07) is 0.286. The summed E-state index contributed by atoms with van der Waals surface area (Å²) in [4.78, 5) is 10.6. The molecule has 0 aliphatic carbocycles. The van der Waals surface area contributed by atoms with Gasteiger partial charge in [-0.25, -0.2) is 9.60 Å². The zero-order valence-electron chi connectivity index (χ0n) is 8.27. The molecule has 0 aromatic carbocycles. The molecular weight excluding hydrogens is 283 g/mol. The Hall–Kier alpha value is 0.120. The number of quaternary nitrogens is 1. The summed E-state index contributed by atoms with van der Waals surface area (Å²) in [7, 11) is 1.93. The Bertz CT molecular complexity index is 189. The molecule has 1 aliphatic heterocycles. The smallest absolute Gasteiger partial charge is 0.254 e. The van der Waals surface area contributed by atoms with E-state index in [9.17, 15) is 9.90 Å². The van der Waals surface area contributed by atoms with Crippen LogP contribution in [0.3, 0.4) is 0 Å². The second-order valence-corrected chi connectivity index (χ2v) is 3.76. The molecule has 1 aliphatic rings. The lowest BCUT2D eigenvalue weighted by molar-refractivity contribution is -1.02. The molecule has 1 amide bonds. The Morgan fingerprint density at radius 3 is 2.46 bits per heavy atom. The van der Waals surface area contributed by atoms with Gasteiger partial charge in [0.2, 0.25) is 0 Å². The van der Waals surface area contributed by atoms with Crippen molar-refractivity contribution in [3.63, 3.8) is 0 Å². The Morgan fingerprint density at radius 1 is 1.62 bits per heavy atom. The van der Waals surface area contributed by atoms with Crippen LogP contribution in [-0.2, 0) is 4.79 Å². The summed E-state index contributed by atoms with van der Waals surface area (Å²) in [5.74, 6) is 0. The molecule has 78 valence electrons. The van der Waals surface area contributed by atoms with Crippen molar-refractivity contribution in [2.24, 2.45) is 0 Å². The minimum absolute atomic E-state index is 0. The van der Waals surface area contributed by atoms with Gasteiger partial charge in [0.25, 0.3) is 6.41 Å². The summed E-state index contributed by atoms with van der Waals surface area (Å²) in [5, 5.41) is 12.7. The minimum Gasteiger partial charge on any atom is -0.832 e. The van der Waals surface area contributed by atoms with Crippen LogP contribution in [-0.4, -0.2) is 41.9 Å². The van der Waals surface area contributed by atoms with Crippen LogP contribution in [0.4, 0.5) is 0 Å². The Morgan fingerprint density at radius 2 is 2.15 bits per heavy atom. The second-order valence-electron chi connectivity index (χ2n) is 3.76. The van der Waals surface area contributed by atoms with Gasteiger partial charge >= 0.3 is 0 Å². The van der Waals surface area contributed by atoms with E-state index in [1.165, 1.54) is 5.01 Å². The van der Waals surface area contributed by atoms with Gasteiger partial charge in [-0.2, -0.15) is 0 Å². The first-order valence-electron chi connectivity index (χ1n) is 4.27. The van der Waals surface area contributed by atoms with Gasteiger partial charge in [-0.1, -0.05) is 0 Å². The van der Waals surface area contributed by atoms with Crippen molar-refractivity contribution in [2.45, 2.75) is 32.5 Å². The molecule has 0 N–H and O–H groups in total. The lowest BCUT2D eigenvalue weighted by Gasteiger charge is -2.41. The van der Waals surface area contributed by atoms with Gasteiger partial charge < -0.3 is 5.11 Å². The number of hydrogen-bond acceptors (Lipinski definition) is 2. The summed E-state index contributed by atoms with van der Waals surface area (Å²) in [5.41, 5.74) is 0. The molecule has 0 saturated carbocycles. The van der Waals surface area contributed by atoms with Gasteiger partial charge in [-0.05, 0) is 13.8 Å². The van der Waals surface area contributed by atoms with E-state index in [-0.39, 0.29) is 30.0 Å². The summed E-state index contributed by atoms with van der Waals surface area (Å²) >= 11 is 0. The van der Waals surface area contributed by atoms with Crippen LogP contribution in [0.5, 0.6) is 0 Å². The van der Waals surface area contributed by atoms with Gasteiger partial charge in [0.05, 0.1) is 7.05 Å². The van der Waals surface area contributed by atoms with Crippen molar-refractivity contribution in [1.82, 2.24) is 5.01 Å². The van der Waals surface area contributed by atoms with Crippen LogP contribution < -0.4 is 5.11 Å². The predicted octanol–water partition coefficient (Wildman–Crippen LogP) is -0.0771. The molecule has 2 unspecified atom stereocenters. The SMILES string of the molecule is CC(C)[N+]1(C)CCC([O-])N1C=O.I. The molecule has 0 aromatic heterocycles. The zero-order valence-corrected chi connectivity index (χ0v) is 10.6. The molecule has 1 fully saturated rings. The Balaban J connectivity index is 0.00000144. The number of halogens is 1. The van der Waals surface area contributed by atoms with Crippen molar-refractivity contribution in [1.29, 1.82) is 0 Å². The van der Waals surface area contributed by atoms with E-state index in [1.54, 1.807) is 0 Å². The van der Waals surface area contributed by atoms with Gasteiger partial charge in [-0.15, -0.1) is 24.0 Å². The molecule has 1 rings (SSSR count). The molecule has 0 radical (unpaired) electrons. The maximum atomic E-state index is 11.3. The quantitative estimate of drug-likeness (QED) is 0.407. The molecular formula is C8H17IN2O2. The predicted molar refractivity (Wildman–Crippen MR) is 57.9 cm³/mol. The number of hydrogen-bond donors (Lipinski definition) is 0. The molecule has 0 bridgehead atoms. The minimum atomic E-state index is -0.852. The molecule has 4 nitrogen and oxygen atoms in total. The van der Waals surface area contributed by atoms with Crippen LogP contribution in [0, 0.1) is 0 Å². The molecule has 1 saturated heterocycles. The van der Waals surface area contributed by atoms with Crippen molar-refractivity contribution < 1.29 is 14.5 Å². The molecule has 0 aromatic rings. The maximum absolute atomic E-state index is 11.3. The average molecular weight is 300 g/mol. The van der Waals surface area contributed by atoms with Crippen LogP contribution in [0.1, 0.15) is 20.3 Å². The second kappa shape index (κ2) is 4.56. The largest absolute Gasteiger partial charge is 0.832 e. The molecule has 5 heteroatoms. The Labute approximate surface area is 96.1 Å². The first-order chi connectivity index (χ1) is 5.52. The number of amides is 1.